The van der Waals surface area contributed by atoms with Crippen LogP contribution < -0.4 is 5.32 Å². The zero-order chi connectivity index (χ0) is 13.9. The molecule has 0 radical (unpaired) electrons. The lowest BCUT2D eigenvalue weighted by Crippen LogP contribution is -2.49. The molecule has 0 spiro atoms. The molecule has 19 heavy (non-hydrogen) atoms. The summed E-state index contributed by atoms with van der Waals surface area (Å²) in [5, 5.41) is 12.2. The van der Waals surface area contributed by atoms with E-state index in [1.165, 1.54) is 6.07 Å². The summed E-state index contributed by atoms with van der Waals surface area (Å²) in [5.41, 5.74) is 1.37. The number of rotatable bonds is 3. The van der Waals surface area contributed by atoms with Crippen LogP contribution in [0.2, 0.25) is 0 Å². The summed E-state index contributed by atoms with van der Waals surface area (Å²) in [4.78, 5) is 2.35. The second-order valence-electron chi connectivity index (χ2n) is 5.51. The van der Waals surface area contributed by atoms with Gasteiger partial charge in [-0.25, -0.2) is 4.39 Å². The third-order valence-corrected chi connectivity index (χ3v) is 4.12. The summed E-state index contributed by atoms with van der Waals surface area (Å²) < 4.78 is 13.3. The highest BCUT2D eigenvalue weighted by Gasteiger charge is 2.28. The van der Waals surface area contributed by atoms with Crippen LogP contribution in [0.4, 0.5) is 4.39 Å². The molecule has 102 valence electrons. The lowest BCUT2D eigenvalue weighted by molar-refractivity contribution is 0.146. The van der Waals surface area contributed by atoms with Crippen LogP contribution in [-0.2, 0) is 6.54 Å². The summed E-state index contributed by atoms with van der Waals surface area (Å²) in [6.45, 7) is 5.08. The predicted molar refractivity (Wildman–Crippen MR) is 73.1 cm³/mol. The minimum atomic E-state index is -0.437. The van der Waals surface area contributed by atoms with Crippen LogP contribution in [0.5, 0.6) is 0 Å². The molecule has 0 saturated carbocycles. The van der Waals surface area contributed by atoms with E-state index >= 15 is 0 Å². The van der Waals surface area contributed by atoms with E-state index in [4.69, 9.17) is 5.26 Å². The van der Waals surface area contributed by atoms with Gasteiger partial charge in [0, 0.05) is 25.2 Å². The second-order valence-corrected chi connectivity index (χ2v) is 5.51. The van der Waals surface area contributed by atoms with Gasteiger partial charge in [0.05, 0.1) is 5.56 Å². The monoisotopic (exact) mass is 261 g/mol. The van der Waals surface area contributed by atoms with Gasteiger partial charge in [0.25, 0.3) is 0 Å². The minimum Gasteiger partial charge on any atom is -0.314 e. The SMILES string of the molecule is CNC1(C)CCN(Cc2ccc(F)c(C#N)c2)CC1. The molecule has 1 aliphatic rings. The van der Waals surface area contributed by atoms with Gasteiger partial charge in [-0.1, -0.05) is 6.07 Å². The Morgan fingerprint density at radius 3 is 2.68 bits per heavy atom. The van der Waals surface area contributed by atoms with Crippen LogP contribution in [-0.4, -0.2) is 30.6 Å². The molecule has 0 unspecified atom stereocenters. The number of halogens is 1. The normalized spacial score (nSPS) is 19.1. The van der Waals surface area contributed by atoms with Crippen molar-refractivity contribution < 1.29 is 4.39 Å². The highest BCUT2D eigenvalue weighted by molar-refractivity contribution is 5.34. The fraction of sp³-hybridized carbons (Fsp3) is 0.533. The Balaban J connectivity index is 1.98. The quantitative estimate of drug-likeness (QED) is 0.907. The lowest BCUT2D eigenvalue weighted by Gasteiger charge is -2.39. The van der Waals surface area contributed by atoms with Crippen LogP contribution in [0.3, 0.4) is 0 Å². The van der Waals surface area contributed by atoms with Crippen molar-refractivity contribution in [3.63, 3.8) is 0 Å². The van der Waals surface area contributed by atoms with Crippen molar-refractivity contribution in [2.75, 3.05) is 20.1 Å². The average Bonchev–Trinajstić information content (AvgIpc) is 2.43. The molecule has 0 aliphatic carbocycles. The maximum Gasteiger partial charge on any atom is 0.140 e. The number of nitrogens with zero attached hydrogens (tertiary/aromatic N) is 2. The van der Waals surface area contributed by atoms with Crippen molar-refractivity contribution in [3.05, 3.63) is 35.1 Å². The Bertz CT molecular complexity index is 485. The van der Waals surface area contributed by atoms with E-state index in [0.29, 0.717) is 0 Å². The van der Waals surface area contributed by atoms with Gasteiger partial charge < -0.3 is 5.32 Å². The van der Waals surface area contributed by atoms with Crippen LogP contribution in [0.25, 0.3) is 0 Å². The first-order valence-electron chi connectivity index (χ1n) is 6.66. The Kier molecular flexibility index (Phi) is 4.18. The van der Waals surface area contributed by atoms with Crippen molar-refractivity contribution in [1.82, 2.24) is 10.2 Å². The molecule has 0 aromatic heterocycles. The molecule has 3 nitrogen and oxygen atoms in total. The van der Waals surface area contributed by atoms with Crippen LogP contribution >= 0.6 is 0 Å². The van der Waals surface area contributed by atoms with Gasteiger partial charge in [0.2, 0.25) is 0 Å². The third kappa shape index (κ3) is 3.31. The van der Waals surface area contributed by atoms with Gasteiger partial charge in [-0.15, -0.1) is 0 Å². The smallest absolute Gasteiger partial charge is 0.140 e. The number of benzene rings is 1. The molecule has 0 amide bonds. The molecule has 2 rings (SSSR count). The highest BCUT2D eigenvalue weighted by atomic mass is 19.1. The number of piperidine rings is 1. The third-order valence-electron chi connectivity index (χ3n) is 4.12. The maximum atomic E-state index is 13.3. The first kappa shape index (κ1) is 14.0. The Labute approximate surface area is 114 Å². The van der Waals surface area contributed by atoms with Crippen LogP contribution in [0.1, 0.15) is 30.9 Å². The average molecular weight is 261 g/mol. The standard InChI is InChI=1S/C15H20FN3/c1-15(18-2)5-7-19(8-6-15)11-12-3-4-14(16)13(9-12)10-17/h3-4,9,18H,5-8,11H2,1-2H3. The molecule has 0 atom stereocenters. The highest BCUT2D eigenvalue weighted by Crippen LogP contribution is 2.22. The number of nitrogens with one attached hydrogen (secondary N) is 1. The van der Waals surface area contributed by atoms with Crippen LogP contribution in [0.15, 0.2) is 18.2 Å². The minimum absolute atomic E-state index is 0.134. The Morgan fingerprint density at radius 2 is 2.11 bits per heavy atom. The molecule has 1 aromatic rings. The predicted octanol–water partition coefficient (Wildman–Crippen LogP) is 2.27. The molecule has 1 aromatic carbocycles. The van der Waals surface area contributed by atoms with E-state index in [9.17, 15) is 4.39 Å². The van der Waals surface area contributed by atoms with Crippen molar-refractivity contribution >= 4 is 0 Å². The van der Waals surface area contributed by atoms with Crippen molar-refractivity contribution in [1.29, 1.82) is 5.26 Å². The zero-order valence-electron chi connectivity index (χ0n) is 11.5. The fourth-order valence-corrected chi connectivity index (χ4v) is 2.47. The summed E-state index contributed by atoms with van der Waals surface area (Å²) >= 11 is 0. The van der Waals surface area contributed by atoms with Gasteiger partial charge in [-0.2, -0.15) is 5.26 Å². The first-order chi connectivity index (χ1) is 9.06. The number of nitriles is 1. The molecule has 1 heterocycles. The second kappa shape index (κ2) is 5.68. The lowest BCUT2D eigenvalue weighted by atomic mass is 9.90. The maximum absolute atomic E-state index is 13.3. The summed E-state index contributed by atoms with van der Waals surface area (Å²) in [6.07, 6.45) is 2.21. The summed E-state index contributed by atoms with van der Waals surface area (Å²) in [5.74, 6) is -0.437. The molecular formula is C15H20FN3. The molecule has 4 heteroatoms. The van der Waals surface area contributed by atoms with E-state index < -0.39 is 5.82 Å². The van der Waals surface area contributed by atoms with E-state index in [-0.39, 0.29) is 11.1 Å². The fourth-order valence-electron chi connectivity index (χ4n) is 2.47. The van der Waals surface area contributed by atoms with Gasteiger partial charge in [0.1, 0.15) is 11.9 Å². The first-order valence-corrected chi connectivity index (χ1v) is 6.66. The summed E-state index contributed by atoms with van der Waals surface area (Å²) in [6, 6.07) is 6.70. The van der Waals surface area contributed by atoms with Gasteiger partial charge in [-0.05, 0) is 44.5 Å². The van der Waals surface area contributed by atoms with Gasteiger partial charge >= 0.3 is 0 Å². The zero-order valence-corrected chi connectivity index (χ0v) is 11.5. The molecule has 1 fully saturated rings. The Morgan fingerprint density at radius 1 is 1.42 bits per heavy atom. The van der Waals surface area contributed by atoms with E-state index in [0.717, 1.165) is 38.0 Å². The number of hydrogen-bond donors (Lipinski definition) is 1. The molecule has 0 bridgehead atoms. The molecular weight excluding hydrogens is 241 g/mol. The van der Waals surface area contributed by atoms with E-state index in [1.54, 1.807) is 12.1 Å². The van der Waals surface area contributed by atoms with Crippen molar-refractivity contribution in [3.8, 4) is 6.07 Å². The van der Waals surface area contributed by atoms with Crippen molar-refractivity contribution in [2.24, 2.45) is 0 Å². The largest absolute Gasteiger partial charge is 0.314 e. The number of hydrogen-bond acceptors (Lipinski definition) is 3. The molecule has 1 saturated heterocycles. The van der Waals surface area contributed by atoms with E-state index in [1.807, 2.05) is 13.1 Å². The number of likely N-dealkylation sites (tertiary alicyclic amines) is 1. The summed E-state index contributed by atoms with van der Waals surface area (Å²) in [7, 11) is 2.01. The van der Waals surface area contributed by atoms with Gasteiger partial charge in [-0.3, -0.25) is 4.90 Å². The van der Waals surface area contributed by atoms with Gasteiger partial charge in [0.15, 0.2) is 0 Å². The van der Waals surface area contributed by atoms with Crippen molar-refractivity contribution in [2.45, 2.75) is 31.8 Å². The molecule has 1 N–H and O–H groups in total. The molecule has 1 aliphatic heterocycles. The van der Waals surface area contributed by atoms with Crippen LogP contribution in [0, 0.1) is 17.1 Å². The topological polar surface area (TPSA) is 39.1 Å². The Hall–Kier alpha value is -1.44. The van der Waals surface area contributed by atoms with E-state index in [2.05, 4.69) is 17.1 Å².